The van der Waals surface area contributed by atoms with E-state index in [1.165, 1.54) is 12.8 Å². The summed E-state index contributed by atoms with van der Waals surface area (Å²) < 4.78 is 0. The first-order valence-corrected chi connectivity index (χ1v) is 8.33. The third-order valence-electron chi connectivity index (χ3n) is 4.05. The number of carbonyl (C=O) groups is 1. The van der Waals surface area contributed by atoms with Gasteiger partial charge in [0.25, 0.3) is 0 Å². The maximum atomic E-state index is 12.4. The van der Waals surface area contributed by atoms with E-state index in [4.69, 9.17) is 23.2 Å². The first kappa shape index (κ1) is 17.9. The molecule has 2 fully saturated rings. The summed E-state index contributed by atoms with van der Waals surface area (Å²) in [6, 6.07) is 5.98. The molecule has 2 aliphatic carbocycles. The first-order chi connectivity index (χ1) is 10.1. The molecule has 122 valence electrons. The average Bonchev–Trinajstić information content (AvgIpc) is 3.33. The van der Waals surface area contributed by atoms with Crippen LogP contribution in [0.3, 0.4) is 0 Å². The van der Waals surface area contributed by atoms with Crippen LogP contribution in [-0.4, -0.2) is 29.9 Å². The third kappa shape index (κ3) is 5.02. The molecule has 2 aliphatic rings. The Hall–Kier alpha value is -0.480. The summed E-state index contributed by atoms with van der Waals surface area (Å²) in [6.45, 7) is 2.02. The van der Waals surface area contributed by atoms with Gasteiger partial charge in [0.2, 0.25) is 5.91 Å². The Morgan fingerprint density at radius 2 is 1.91 bits per heavy atom. The van der Waals surface area contributed by atoms with Crippen molar-refractivity contribution in [3.63, 3.8) is 0 Å². The molecule has 3 rings (SSSR count). The summed E-state index contributed by atoms with van der Waals surface area (Å²) in [6.07, 6.45) is 4.82. The van der Waals surface area contributed by atoms with Gasteiger partial charge in [0, 0.05) is 12.6 Å². The summed E-state index contributed by atoms with van der Waals surface area (Å²) in [5, 5.41) is 4.38. The van der Waals surface area contributed by atoms with Crippen molar-refractivity contribution in [3.05, 3.63) is 33.8 Å². The topological polar surface area (TPSA) is 32.3 Å². The monoisotopic (exact) mass is 362 g/mol. The van der Waals surface area contributed by atoms with Crippen LogP contribution in [0.4, 0.5) is 0 Å². The van der Waals surface area contributed by atoms with Crippen LogP contribution < -0.4 is 5.32 Å². The molecule has 2 saturated carbocycles. The van der Waals surface area contributed by atoms with Crippen molar-refractivity contribution in [2.24, 2.45) is 5.92 Å². The number of hydrogen-bond donors (Lipinski definition) is 1. The van der Waals surface area contributed by atoms with Gasteiger partial charge in [-0.15, -0.1) is 12.4 Å². The zero-order valence-electron chi connectivity index (χ0n) is 12.4. The van der Waals surface area contributed by atoms with Crippen LogP contribution in [0.25, 0.3) is 0 Å². The summed E-state index contributed by atoms with van der Waals surface area (Å²) >= 11 is 12.0. The van der Waals surface area contributed by atoms with Crippen molar-refractivity contribution in [3.8, 4) is 0 Å². The number of nitrogens with one attached hydrogen (secondary N) is 1. The molecule has 0 aromatic heterocycles. The Bertz CT molecular complexity index is 530. The van der Waals surface area contributed by atoms with E-state index in [2.05, 4.69) is 5.32 Å². The molecular formula is C16H21Cl3N2O. The SMILES string of the molecule is Cl.O=C(CNCC1CC1)N(Cc1ccc(Cl)c(Cl)c1)C1CC1. The first-order valence-electron chi connectivity index (χ1n) is 7.57. The van der Waals surface area contributed by atoms with Gasteiger partial charge < -0.3 is 10.2 Å². The zero-order chi connectivity index (χ0) is 14.8. The fourth-order valence-electron chi connectivity index (χ4n) is 2.45. The third-order valence-corrected chi connectivity index (χ3v) is 4.79. The number of benzene rings is 1. The standard InChI is InChI=1S/C16H20Cl2N2O.ClH/c17-14-6-3-12(7-15(14)18)10-20(13-4-5-13)16(21)9-19-8-11-1-2-11;/h3,6-7,11,13,19H,1-2,4-5,8-10H2;1H. The lowest BCUT2D eigenvalue weighted by molar-refractivity contribution is -0.131. The quantitative estimate of drug-likeness (QED) is 0.796. The molecule has 0 heterocycles. The molecule has 0 radical (unpaired) electrons. The number of amides is 1. The van der Waals surface area contributed by atoms with Gasteiger partial charge in [-0.05, 0) is 55.8 Å². The highest BCUT2D eigenvalue weighted by molar-refractivity contribution is 6.42. The van der Waals surface area contributed by atoms with Crippen LogP contribution in [0.5, 0.6) is 0 Å². The molecule has 0 aliphatic heterocycles. The maximum Gasteiger partial charge on any atom is 0.237 e. The lowest BCUT2D eigenvalue weighted by Crippen LogP contribution is -2.39. The van der Waals surface area contributed by atoms with Crippen molar-refractivity contribution in [1.29, 1.82) is 0 Å². The maximum absolute atomic E-state index is 12.4. The van der Waals surface area contributed by atoms with E-state index >= 15 is 0 Å². The van der Waals surface area contributed by atoms with E-state index in [0.717, 1.165) is 30.9 Å². The predicted molar refractivity (Wildman–Crippen MR) is 92.9 cm³/mol. The highest BCUT2D eigenvalue weighted by Gasteiger charge is 2.32. The van der Waals surface area contributed by atoms with E-state index in [1.54, 1.807) is 6.07 Å². The van der Waals surface area contributed by atoms with Gasteiger partial charge in [-0.25, -0.2) is 0 Å². The normalized spacial score (nSPS) is 17.0. The van der Waals surface area contributed by atoms with Crippen LogP contribution in [0.15, 0.2) is 18.2 Å². The summed E-state index contributed by atoms with van der Waals surface area (Å²) in [5.74, 6) is 0.978. The highest BCUT2D eigenvalue weighted by Crippen LogP contribution is 2.30. The average molecular weight is 364 g/mol. The molecule has 0 atom stereocenters. The lowest BCUT2D eigenvalue weighted by atomic mass is 10.2. The molecule has 6 heteroatoms. The molecule has 1 N–H and O–H groups in total. The smallest absolute Gasteiger partial charge is 0.237 e. The van der Waals surface area contributed by atoms with Gasteiger partial charge in [-0.1, -0.05) is 29.3 Å². The second-order valence-corrected chi connectivity index (χ2v) is 6.89. The van der Waals surface area contributed by atoms with Gasteiger partial charge in [0.1, 0.15) is 0 Å². The number of hydrogen-bond acceptors (Lipinski definition) is 2. The van der Waals surface area contributed by atoms with Crippen LogP contribution in [0.1, 0.15) is 31.2 Å². The van der Waals surface area contributed by atoms with Crippen molar-refractivity contribution in [2.75, 3.05) is 13.1 Å². The number of nitrogens with zero attached hydrogens (tertiary/aromatic N) is 1. The Balaban J connectivity index is 0.00000176. The van der Waals surface area contributed by atoms with Gasteiger partial charge in [0.05, 0.1) is 16.6 Å². The van der Waals surface area contributed by atoms with E-state index in [1.807, 2.05) is 17.0 Å². The molecule has 3 nitrogen and oxygen atoms in total. The molecule has 0 saturated heterocycles. The Morgan fingerprint density at radius 3 is 2.50 bits per heavy atom. The molecule has 0 unspecified atom stereocenters. The molecule has 22 heavy (non-hydrogen) atoms. The van der Waals surface area contributed by atoms with Gasteiger partial charge in [0.15, 0.2) is 0 Å². The van der Waals surface area contributed by atoms with E-state index in [-0.39, 0.29) is 18.3 Å². The van der Waals surface area contributed by atoms with E-state index in [9.17, 15) is 4.79 Å². The predicted octanol–water partition coefficient (Wildman–Crippen LogP) is 3.91. The van der Waals surface area contributed by atoms with Gasteiger partial charge in [-0.2, -0.15) is 0 Å². The second kappa shape index (κ2) is 7.87. The molecule has 0 spiro atoms. The molecule has 1 aromatic rings. The number of halogens is 3. The zero-order valence-corrected chi connectivity index (χ0v) is 14.7. The lowest BCUT2D eigenvalue weighted by Gasteiger charge is -2.23. The largest absolute Gasteiger partial charge is 0.334 e. The fraction of sp³-hybridized carbons (Fsp3) is 0.562. The van der Waals surface area contributed by atoms with Crippen LogP contribution >= 0.6 is 35.6 Å². The summed E-state index contributed by atoms with van der Waals surface area (Å²) in [7, 11) is 0. The van der Waals surface area contributed by atoms with E-state index in [0.29, 0.717) is 29.2 Å². The van der Waals surface area contributed by atoms with Crippen molar-refractivity contribution >= 4 is 41.5 Å². The van der Waals surface area contributed by atoms with Crippen molar-refractivity contribution in [2.45, 2.75) is 38.3 Å². The summed E-state index contributed by atoms with van der Waals surface area (Å²) in [4.78, 5) is 14.4. The minimum Gasteiger partial charge on any atom is -0.334 e. The highest BCUT2D eigenvalue weighted by atomic mass is 35.5. The van der Waals surface area contributed by atoms with Crippen molar-refractivity contribution in [1.82, 2.24) is 10.2 Å². The van der Waals surface area contributed by atoms with Gasteiger partial charge in [-0.3, -0.25) is 4.79 Å². The number of rotatable bonds is 7. The van der Waals surface area contributed by atoms with E-state index < -0.39 is 0 Å². The Labute approximate surface area is 147 Å². The fourth-order valence-corrected chi connectivity index (χ4v) is 2.77. The van der Waals surface area contributed by atoms with Gasteiger partial charge >= 0.3 is 0 Å². The molecule has 1 aromatic carbocycles. The van der Waals surface area contributed by atoms with Crippen LogP contribution in [0.2, 0.25) is 10.0 Å². The van der Waals surface area contributed by atoms with Crippen LogP contribution in [-0.2, 0) is 11.3 Å². The Morgan fingerprint density at radius 1 is 1.18 bits per heavy atom. The Kier molecular flexibility index (Phi) is 6.39. The minimum absolute atomic E-state index is 0. The number of carbonyl (C=O) groups excluding carboxylic acids is 1. The second-order valence-electron chi connectivity index (χ2n) is 6.08. The summed E-state index contributed by atoms with van der Waals surface area (Å²) in [5.41, 5.74) is 1.03. The molecule has 0 bridgehead atoms. The van der Waals surface area contributed by atoms with Crippen LogP contribution in [0, 0.1) is 5.92 Å². The molecule has 1 amide bonds. The van der Waals surface area contributed by atoms with Crippen molar-refractivity contribution < 1.29 is 4.79 Å². The molecular weight excluding hydrogens is 343 g/mol. The minimum atomic E-state index is 0.